The summed E-state index contributed by atoms with van der Waals surface area (Å²) in [6.07, 6.45) is 6.46. The van der Waals surface area contributed by atoms with Gasteiger partial charge in [-0.1, -0.05) is 25.3 Å². The minimum atomic E-state index is -0.601. The van der Waals surface area contributed by atoms with Crippen molar-refractivity contribution < 1.29 is 19.6 Å². The van der Waals surface area contributed by atoms with E-state index in [9.17, 15) is 20.0 Å². The van der Waals surface area contributed by atoms with Crippen molar-refractivity contribution in [2.45, 2.75) is 57.5 Å². The number of ether oxygens (including phenoxy) is 1. The van der Waals surface area contributed by atoms with E-state index >= 15 is 0 Å². The molecule has 1 aliphatic carbocycles. The molecular weight excluding hydrogens is 460 g/mol. The van der Waals surface area contributed by atoms with Gasteiger partial charge in [0.15, 0.2) is 5.75 Å². The molecule has 2 heterocycles. The summed E-state index contributed by atoms with van der Waals surface area (Å²) < 4.78 is 5.71. The van der Waals surface area contributed by atoms with Crippen molar-refractivity contribution in [2.75, 3.05) is 13.2 Å². The number of carbonyl (C=O) groups is 1. The molecule has 2 aromatic carbocycles. The smallest absolute Gasteiger partial charge is 0.311 e. The van der Waals surface area contributed by atoms with Gasteiger partial charge in [0.25, 0.3) is 0 Å². The number of nitrogens with one attached hydrogen (secondary N) is 3. The van der Waals surface area contributed by atoms with E-state index in [1.54, 1.807) is 6.07 Å². The van der Waals surface area contributed by atoms with Crippen LogP contribution < -0.4 is 15.4 Å². The van der Waals surface area contributed by atoms with Crippen LogP contribution in [0.2, 0.25) is 0 Å². The number of rotatable bonds is 7. The maximum atomic E-state index is 13.3. The number of benzene rings is 2. The summed E-state index contributed by atoms with van der Waals surface area (Å²) in [6.45, 7) is 3.15. The Bertz CT molecular complexity index is 1280. The predicted molar refractivity (Wildman–Crippen MR) is 136 cm³/mol. The van der Waals surface area contributed by atoms with Gasteiger partial charge in [-0.15, -0.1) is 0 Å². The van der Waals surface area contributed by atoms with Crippen LogP contribution in [0.5, 0.6) is 11.5 Å². The minimum absolute atomic E-state index is 0.0696. The van der Waals surface area contributed by atoms with Crippen LogP contribution in [0, 0.1) is 16.0 Å². The lowest BCUT2D eigenvalue weighted by molar-refractivity contribution is -0.385. The first-order chi connectivity index (χ1) is 17.4. The molecule has 1 aliphatic heterocycles. The molecule has 190 valence electrons. The second-order valence-corrected chi connectivity index (χ2v) is 9.77. The number of hydrogen-bond acceptors (Lipinski definition) is 6. The minimum Gasteiger partial charge on any atom is -0.502 e. The van der Waals surface area contributed by atoms with Gasteiger partial charge in [-0.3, -0.25) is 20.2 Å². The third kappa shape index (κ3) is 4.75. The van der Waals surface area contributed by atoms with Gasteiger partial charge in [-0.05, 0) is 67.5 Å². The fourth-order valence-corrected chi connectivity index (χ4v) is 5.57. The van der Waals surface area contributed by atoms with Crippen LogP contribution in [0.1, 0.15) is 61.9 Å². The second kappa shape index (κ2) is 10.2. The molecule has 1 fully saturated rings. The van der Waals surface area contributed by atoms with E-state index in [2.05, 4.69) is 15.6 Å². The van der Waals surface area contributed by atoms with Gasteiger partial charge in [0.2, 0.25) is 5.91 Å². The first-order valence-electron chi connectivity index (χ1n) is 12.7. The van der Waals surface area contributed by atoms with Crippen molar-refractivity contribution in [3.63, 3.8) is 0 Å². The number of aromatic hydroxyl groups is 1. The second-order valence-electron chi connectivity index (χ2n) is 9.77. The molecule has 2 atom stereocenters. The van der Waals surface area contributed by atoms with E-state index in [1.807, 2.05) is 25.1 Å². The molecule has 0 saturated heterocycles. The highest BCUT2D eigenvalue weighted by Crippen LogP contribution is 2.39. The fraction of sp³-hybridized carbons (Fsp3) is 0.444. The van der Waals surface area contributed by atoms with Crippen LogP contribution in [0.15, 0.2) is 36.4 Å². The van der Waals surface area contributed by atoms with E-state index in [1.165, 1.54) is 31.4 Å². The Morgan fingerprint density at radius 3 is 2.75 bits per heavy atom. The molecule has 1 amide bonds. The van der Waals surface area contributed by atoms with Crippen molar-refractivity contribution >= 4 is 22.5 Å². The Labute approximate surface area is 209 Å². The van der Waals surface area contributed by atoms with Gasteiger partial charge in [-0.25, -0.2) is 0 Å². The Balaban J connectivity index is 1.50. The topological polar surface area (TPSA) is 130 Å². The zero-order valence-electron chi connectivity index (χ0n) is 20.4. The van der Waals surface area contributed by atoms with E-state index in [-0.39, 0.29) is 17.3 Å². The quantitative estimate of drug-likeness (QED) is 0.284. The Morgan fingerprint density at radius 1 is 1.19 bits per heavy atom. The van der Waals surface area contributed by atoms with Crippen molar-refractivity contribution in [3.8, 4) is 11.5 Å². The molecule has 1 aromatic heterocycles. The zero-order valence-corrected chi connectivity index (χ0v) is 20.4. The van der Waals surface area contributed by atoms with Crippen LogP contribution in [0.25, 0.3) is 10.9 Å². The SMILES string of the molecule is CCOc1ccc2[nH]c3c(c2c1)C[C@H](C(=O)NCC1CCCCC1)N[C@@H]3c1ccc(O)c([N+](=O)[O-])c1. The Kier molecular flexibility index (Phi) is 6.82. The molecule has 1 saturated carbocycles. The highest BCUT2D eigenvalue weighted by atomic mass is 16.6. The van der Waals surface area contributed by atoms with Crippen LogP contribution in [0.3, 0.4) is 0 Å². The maximum Gasteiger partial charge on any atom is 0.311 e. The number of amides is 1. The van der Waals surface area contributed by atoms with Crippen molar-refractivity contribution in [2.24, 2.45) is 5.92 Å². The van der Waals surface area contributed by atoms with Gasteiger partial charge in [0, 0.05) is 29.2 Å². The number of nitro groups is 1. The monoisotopic (exact) mass is 492 g/mol. The third-order valence-corrected chi connectivity index (χ3v) is 7.42. The fourth-order valence-electron chi connectivity index (χ4n) is 5.57. The highest BCUT2D eigenvalue weighted by Gasteiger charge is 2.35. The average molecular weight is 493 g/mol. The predicted octanol–water partition coefficient (Wildman–Crippen LogP) is 4.48. The molecule has 0 spiro atoms. The molecule has 5 rings (SSSR count). The van der Waals surface area contributed by atoms with Gasteiger partial charge in [0.1, 0.15) is 5.75 Å². The third-order valence-electron chi connectivity index (χ3n) is 7.42. The number of phenolic OH excluding ortho intramolecular Hbond substituents is 1. The van der Waals surface area contributed by atoms with Crippen LogP contribution >= 0.6 is 0 Å². The van der Waals surface area contributed by atoms with Crippen LogP contribution in [0.4, 0.5) is 5.69 Å². The first-order valence-corrected chi connectivity index (χ1v) is 12.7. The summed E-state index contributed by atoms with van der Waals surface area (Å²) in [5.74, 6) is 0.805. The maximum absolute atomic E-state index is 13.3. The molecular formula is C27H32N4O5. The van der Waals surface area contributed by atoms with Crippen LogP contribution in [-0.2, 0) is 11.2 Å². The number of hydrogen-bond donors (Lipinski definition) is 4. The summed E-state index contributed by atoms with van der Waals surface area (Å²) in [7, 11) is 0. The van der Waals surface area contributed by atoms with Crippen molar-refractivity contribution in [1.82, 2.24) is 15.6 Å². The first kappa shape index (κ1) is 24.1. The number of nitro benzene ring substituents is 1. The van der Waals surface area contributed by atoms with Crippen molar-refractivity contribution in [1.29, 1.82) is 0 Å². The van der Waals surface area contributed by atoms with Gasteiger partial charge >= 0.3 is 5.69 Å². The summed E-state index contributed by atoms with van der Waals surface area (Å²) in [5.41, 5.74) is 2.99. The zero-order chi connectivity index (χ0) is 25.2. The molecule has 0 radical (unpaired) electrons. The molecule has 0 bridgehead atoms. The standard InChI is InChI=1S/C27H32N4O5/c1-2-36-18-9-10-21-19(13-18)20-14-22(27(33)28-15-16-6-4-3-5-7-16)30-25(26(20)29-21)17-8-11-24(32)23(12-17)31(34)35/h8-13,16,22,25,29-30,32H,2-7,14-15H2,1H3,(H,28,33)/t22-,25-/m1/s1. The summed E-state index contributed by atoms with van der Waals surface area (Å²) in [4.78, 5) is 27.7. The lowest BCUT2D eigenvalue weighted by Crippen LogP contribution is -2.50. The summed E-state index contributed by atoms with van der Waals surface area (Å²) in [6, 6.07) is 9.20. The van der Waals surface area contributed by atoms with E-state index in [4.69, 9.17) is 4.74 Å². The number of fused-ring (bicyclic) bond motifs is 3. The average Bonchev–Trinajstić information content (AvgIpc) is 3.25. The van der Waals surface area contributed by atoms with Gasteiger partial charge in [0.05, 0.1) is 23.6 Å². The lowest BCUT2D eigenvalue weighted by Gasteiger charge is -2.31. The molecule has 4 N–H and O–H groups in total. The molecule has 9 heteroatoms. The molecule has 0 unspecified atom stereocenters. The number of phenols is 1. The molecule has 9 nitrogen and oxygen atoms in total. The van der Waals surface area contributed by atoms with Crippen LogP contribution in [-0.4, -0.2) is 40.1 Å². The largest absolute Gasteiger partial charge is 0.502 e. The Hall–Kier alpha value is -3.59. The Morgan fingerprint density at radius 2 is 2.00 bits per heavy atom. The molecule has 2 aliphatic rings. The van der Waals surface area contributed by atoms with E-state index in [0.717, 1.165) is 40.8 Å². The number of aromatic amines is 1. The van der Waals surface area contributed by atoms with Crippen molar-refractivity contribution in [3.05, 3.63) is 63.3 Å². The van der Waals surface area contributed by atoms with Gasteiger partial charge < -0.3 is 20.1 Å². The number of H-pyrrole nitrogens is 1. The summed E-state index contributed by atoms with van der Waals surface area (Å²) in [5, 5.41) is 29.0. The summed E-state index contributed by atoms with van der Waals surface area (Å²) >= 11 is 0. The number of aromatic nitrogens is 1. The molecule has 36 heavy (non-hydrogen) atoms. The van der Waals surface area contributed by atoms with E-state index < -0.39 is 17.0 Å². The molecule has 3 aromatic rings. The normalized spacial score (nSPS) is 20.1. The number of nitrogens with zero attached hydrogens (tertiary/aromatic N) is 1. The highest BCUT2D eigenvalue weighted by molar-refractivity contribution is 5.89. The lowest BCUT2D eigenvalue weighted by atomic mass is 9.88. The number of carbonyl (C=O) groups excluding carboxylic acids is 1. The van der Waals surface area contributed by atoms with Gasteiger partial charge in [-0.2, -0.15) is 0 Å². The van der Waals surface area contributed by atoms with E-state index in [0.29, 0.717) is 31.1 Å².